The van der Waals surface area contributed by atoms with E-state index in [1.807, 2.05) is 54.8 Å². The molecule has 29 heavy (non-hydrogen) atoms. The van der Waals surface area contributed by atoms with Crippen LogP contribution in [-0.2, 0) is 9.53 Å². The van der Waals surface area contributed by atoms with Gasteiger partial charge in [0.05, 0.1) is 22.4 Å². The molecule has 0 saturated carbocycles. The molecular formula is C22H20N2O3S2. The number of fused-ring (bicyclic) bond motifs is 1. The molecule has 4 rings (SSSR count). The van der Waals surface area contributed by atoms with Crippen LogP contribution in [0, 0.1) is 6.92 Å². The predicted octanol–water partition coefficient (Wildman–Crippen LogP) is 3.17. The quantitative estimate of drug-likeness (QED) is 0.605. The fourth-order valence-corrected chi connectivity index (χ4v) is 5.19. The number of thiophene rings is 1. The topological polar surface area (TPSA) is 60.7 Å². The molecular weight excluding hydrogens is 404 g/mol. The van der Waals surface area contributed by atoms with Crippen molar-refractivity contribution in [2.75, 3.05) is 6.61 Å². The number of rotatable bonds is 4. The number of ether oxygens (including phenoxy) is 1. The summed E-state index contributed by atoms with van der Waals surface area (Å²) in [5, 5.41) is 1.94. The fourth-order valence-electron chi connectivity index (χ4n) is 3.32. The Morgan fingerprint density at radius 2 is 2.00 bits per heavy atom. The summed E-state index contributed by atoms with van der Waals surface area (Å²) in [5.41, 5.74) is 2.97. The van der Waals surface area contributed by atoms with Gasteiger partial charge in [0.1, 0.15) is 6.04 Å². The van der Waals surface area contributed by atoms with Crippen LogP contribution in [0.5, 0.6) is 0 Å². The molecule has 0 unspecified atom stereocenters. The van der Waals surface area contributed by atoms with Crippen molar-refractivity contribution in [2.45, 2.75) is 26.8 Å². The van der Waals surface area contributed by atoms with Gasteiger partial charge in [-0.2, -0.15) is 0 Å². The van der Waals surface area contributed by atoms with Gasteiger partial charge < -0.3 is 4.74 Å². The van der Waals surface area contributed by atoms with E-state index in [2.05, 4.69) is 4.99 Å². The van der Waals surface area contributed by atoms with Gasteiger partial charge in [-0.15, -0.1) is 11.3 Å². The maximum atomic E-state index is 13.3. The molecule has 0 fully saturated rings. The van der Waals surface area contributed by atoms with Gasteiger partial charge in [-0.25, -0.2) is 9.79 Å². The third-order valence-electron chi connectivity index (χ3n) is 4.70. The number of carbonyl (C=O) groups is 1. The molecule has 7 heteroatoms. The Kier molecular flexibility index (Phi) is 5.34. The second-order valence-electron chi connectivity index (χ2n) is 6.73. The van der Waals surface area contributed by atoms with E-state index < -0.39 is 12.0 Å². The first-order chi connectivity index (χ1) is 14.0. The molecule has 148 valence electrons. The number of hydrogen-bond acceptors (Lipinski definition) is 6. The fraction of sp³-hybridized carbons (Fsp3) is 0.227. The predicted molar refractivity (Wildman–Crippen MR) is 116 cm³/mol. The zero-order valence-electron chi connectivity index (χ0n) is 16.3. The van der Waals surface area contributed by atoms with Crippen molar-refractivity contribution < 1.29 is 9.53 Å². The molecule has 0 radical (unpaired) electrons. The third-order valence-corrected chi connectivity index (χ3v) is 6.61. The Bertz CT molecular complexity index is 1260. The molecule has 1 aliphatic rings. The lowest BCUT2D eigenvalue weighted by Gasteiger charge is -2.23. The minimum absolute atomic E-state index is 0.151. The molecule has 3 aromatic rings. The molecule has 0 N–H and O–H groups in total. The summed E-state index contributed by atoms with van der Waals surface area (Å²) >= 11 is 2.85. The summed E-state index contributed by atoms with van der Waals surface area (Å²) in [5.74, 6) is -0.431. The standard InChI is InChI=1S/C22H20N2O3S2/c1-4-27-21(26)18-14(3)23-22-24(19(18)16-6-5-11-28-16)20(25)17(29-22)12-15-9-7-13(2)8-10-15/h5-12,19H,4H2,1-3H3/b17-12-/t19-/m0/s1. The van der Waals surface area contributed by atoms with Crippen molar-refractivity contribution in [3.63, 3.8) is 0 Å². The summed E-state index contributed by atoms with van der Waals surface area (Å²) in [6.07, 6.45) is 1.87. The van der Waals surface area contributed by atoms with Crippen molar-refractivity contribution in [1.29, 1.82) is 0 Å². The van der Waals surface area contributed by atoms with Crippen molar-refractivity contribution in [3.05, 3.63) is 88.7 Å². The minimum Gasteiger partial charge on any atom is -0.463 e. The lowest BCUT2D eigenvalue weighted by Crippen LogP contribution is -2.39. The summed E-state index contributed by atoms with van der Waals surface area (Å²) < 4.78 is 7.49. The Labute approximate surface area is 175 Å². The van der Waals surface area contributed by atoms with Gasteiger partial charge in [0.15, 0.2) is 4.80 Å². The molecule has 2 aromatic heterocycles. The van der Waals surface area contributed by atoms with Crippen LogP contribution in [0.4, 0.5) is 0 Å². The highest BCUT2D eigenvalue weighted by atomic mass is 32.1. The summed E-state index contributed by atoms with van der Waals surface area (Å²) in [6.45, 7) is 5.86. The zero-order chi connectivity index (χ0) is 20.5. The number of thiazole rings is 1. The van der Waals surface area contributed by atoms with Crippen LogP contribution in [0.2, 0.25) is 0 Å². The third kappa shape index (κ3) is 3.63. The number of hydrogen-bond donors (Lipinski definition) is 0. The van der Waals surface area contributed by atoms with Crippen LogP contribution in [0.1, 0.15) is 35.9 Å². The van der Waals surface area contributed by atoms with E-state index in [1.54, 1.807) is 18.4 Å². The molecule has 1 atom stereocenters. The number of esters is 1. The molecule has 0 spiro atoms. The summed E-state index contributed by atoms with van der Waals surface area (Å²) in [7, 11) is 0. The average Bonchev–Trinajstić information content (AvgIpc) is 3.32. The van der Waals surface area contributed by atoms with Crippen LogP contribution in [0.25, 0.3) is 6.08 Å². The van der Waals surface area contributed by atoms with Gasteiger partial charge in [0.25, 0.3) is 5.56 Å². The number of aryl methyl sites for hydroxylation is 1. The van der Waals surface area contributed by atoms with E-state index in [0.717, 1.165) is 16.0 Å². The maximum Gasteiger partial charge on any atom is 0.338 e. The van der Waals surface area contributed by atoms with E-state index in [-0.39, 0.29) is 12.2 Å². The van der Waals surface area contributed by atoms with E-state index in [4.69, 9.17) is 4.74 Å². The first kappa shape index (κ1) is 19.5. The molecule has 5 nitrogen and oxygen atoms in total. The van der Waals surface area contributed by atoms with E-state index in [0.29, 0.717) is 20.6 Å². The molecule has 0 bridgehead atoms. The largest absolute Gasteiger partial charge is 0.463 e. The molecule has 3 heterocycles. The second kappa shape index (κ2) is 7.93. The smallest absolute Gasteiger partial charge is 0.338 e. The van der Waals surface area contributed by atoms with Gasteiger partial charge in [0, 0.05) is 4.88 Å². The lowest BCUT2D eigenvalue weighted by atomic mass is 10.0. The van der Waals surface area contributed by atoms with Crippen LogP contribution >= 0.6 is 22.7 Å². The normalized spacial score (nSPS) is 16.5. The van der Waals surface area contributed by atoms with Crippen LogP contribution in [-0.4, -0.2) is 17.1 Å². The Morgan fingerprint density at radius 3 is 2.66 bits per heavy atom. The first-order valence-electron chi connectivity index (χ1n) is 9.29. The van der Waals surface area contributed by atoms with Crippen LogP contribution in [0.3, 0.4) is 0 Å². The second-order valence-corrected chi connectivity index (χ2v) is 8.72. The maximum absolute atomic E-state index is 13.3. The highest BCUT2D eigenvalue weighted by molar-refractivity contribution is 7.10. The molecule has 1 aliphatic heterocycles. The van der Waals surface area contributed by atoms with Crippen molar-refractivity contribution in [1.82, 2.24) is 4.57 Å². The number of allylic oxidation sites excluding steroid dienone is 1. The van der Waals surface area contributed by atoms with E-state index >= 15 is 0 Å². The zero-order valence-corrected chi connectivity index (χ0v) is 18.0. The van der Waals surface area contributed by atoms with Gasteiger partial charge in [-0.05, 0) is 43.9 Å². The number of nitrogens with zero attached hydrogens (tertiary/aromatic N) is 2. The summed E-state index contributed by atoms with van der Waals surface area (Å²) in [6, 6.07) is 11.3. The van der Waals surface area contributed by atoms with E-state index in [9.17, 15) is 9.59 Å². The molecule has 1 aromatic carbocycles. The van der Waals surface area contributed by atoms with Gasteiger partial charge in [0.2, 0.25) is 0 Å². The van der Waals surface area contributed by atoms with E-state index in [1.165, 1.54) is 22.7 Å². The van der Waals surface area contributed by atoms with Crippen LogP contribution < -0.4 is 14.9 Å². The van der Waals surface area contributed by atoms with Crippen molar-refractivity contribution in [2.24, 2.45) is 4.99 Å². The minimum atomic E-state index is -0.523. The lowest BCUT2D eigenvalue weighted by molar-refractivity contribution is -0.139. The van der Waals surface area contributed by atoms with Crippen molar-refractivity contribution >= 4 is 34.7 Å². The molecule has 0 amide bonds. The molecule has 0 aliphatic carbocycles. The average molecular weight is 425 g/mol. The van der Waals surface area contributed by atoms with Gasteiger partial charge in [-0.1, -0.05) is 47.2 Å². The number of benzene rings is 1. The highest BCUT2D eigenvalue weighted by Gasteiger charge is 2.33. The van der Waals surface area contributed by atoms with Gasteiger partial charge in [-0.3, -0.25) is 9.36 Å². The molecule has 0 saturated heterocycles. The SMILES string of the molecule is CCOC(=O)C1=C(C)N=c2s/c(=C\c3ccc(C)cc3)c(=O)n2[C@H]1c1cccs1. The Balaban J connectivity index is 1.93. The van der Waals surface area contributed by atoms with Gasteiger partial charge >= 0.3 is 5.97 Å². The monoisotopic (exact) mass is 424 g/mol. The number of aromatic nitrogens is 1. The van der Waals surface area contributed by atoms with Crippen LogP contribution in [0.15, 0.2) is 62.8 Å². The summed E-state index contributed by atoms with van der Waals surface area (Å²) in [4.78, 5) is 32.1. The Morgan fingerprint density at radius 1 is 1.24 bits per heavy atom. The van der Waals surface area contributed by atoms with Crippen molar-refractivity contribution in [3.8, 4) is 0 Å². The Hall–Kier alpha value is -2.77. The highest BCUT2D eigenvalue weighted by Crippen LogP contribution is 2.33. The number of carbonyl (C=O) groups excluding carboxylic acids is 1. The first-order valence-corrected chi connectivity index (χ1v) is 11.0.